The molecule has 1 aromatic heterocycles. The predicted octanol–water partition coefficient (Wildman–Crippen LogP) is 2.68. The second kappa shape index (κ2) is 5.25. The van der Waals surface area contributed by atoms with Crippen LogP contribution in [0, 0.1) is 0 Å². The van der Waals surface area contributed by atoms with Crippen LogP contribution in [0.15, 0.2) is 52.1 Å². The van der Waals surface area contributed by atoms with Gasteiger partial charge in [-0.2, -0.15) is 0 Å². The molecule has 0 fully saturated rings. The van der Waals surface area contributed by atoms with Crippen molar-refractivity contribution in [1.82, 2.24) is 0 Å². The number of hydrogen-bond donors (Lipinski definition) is 1. The van der Waals surface area contributed by atoms with Gasteiger partial charge in [0.1, 0.15) is 0 Å². The quantitative estimate of drug-likeness (QED) is 0.925. The van der Waals surface area contributed by atoms with Crippen molar-refractivity contribution in [2.45, 2.75) is 9.46 Å². The van der Waals surface area contributed by atoms with Crippen LogP contribution >= 0.6 is 11.3 Å². The summed E-state index contributed by atoms with van der Waals surface area (Å²) in [6, 6.07) is 12.1. The van der Waals surface area contributed by atoms with Crippen LogP contribution in [-0.2, 0) is 15.6 Å². The normalized spacial score (nSPS) is 14.1. The SMILES string of the molecule is O=C(O)C(c1ccccc1)S(=O)c1cccs1. The fraction of sp³-hybridized carbons (Fsp3) is 0.0833. The molecule has 2 aromatic rings. The molecular weight excluding hydrogens is 256 g/mol. The third-order valence-corrected chi connectivity index (χ3v) is 5.11. The maximum Gasteiger partial charge on any atom is 0.324 e. The number of carboxylic acid groups (broad SMARTS) is 1. The molecule has 0 radical (unpaired) electrons. The van der Waals surface area contributed by atoms with E-state index in [9.17, 15) is 14.1 Å². The summed E-state index contributed by atoms with van der Waals surface area (Å²) < 4.78 is 12.8. The molecular formula is C12H10O3S2. The van der Waals surface area contributed by atoms with Gasteiger partial charge >= 0.3 is 5.97 Å². The van der Waals surface area contributed by atoms with E-state index in [4.69, 9.17) is 0 Å². The molecule has 17 heavy (non-hydrogen) atoms. The lowest BCUT2D eigenvalue weighted by atomic mass is 10.1. The fourth-order valence-electron chi connectivity index (χ4n) is 1.48. The Balaban J connectivity index is 2.37. The molecule has 1 aromatic carbocycles. The molecule has 0 saturated carbocycles. The molecule has 0 amide bonds. The van der Waals surface area contributed by atoms with Crippen molar-refractivity contribution in [3.8, 4) is 0 Å². The Bertz CT molecular complexity index is 520. The highest BCUT2D eigenvalue weighted by atomic mass is 32.2. The Kier molecular flexibility index (Phi) is 3.71. The van der Waals surface area contributed by atoms with Crippen LogP contribution < -0.4 is 0 Å². The van der Waals surface area contributed by atoms with Crippen LogP contribution in [0.1, 0.15) is 10.8 Å². The van der Waals surface area contributed by atoms with Crippen LogP contribution in [0.3, 0.4) is 0 Å². The Hall–Kier alpha value is -1.46. The molecule has 2 rings (SSSR count). The van der Waals surface area contributed by atoms with Crippen molar-refractivity contribution in [2.75, 3.05) is 0 Å². The van der Waals surface area contributed by atoms with E-state index >= 15 is 0 Å². The molecule has 0 aliphatic heterocycles. The molecule has 88 valence electrons. The van der Waals surface area contributed by atoms with Crippen molar-refractivity contribution < 1.29 is 14.1 Å². The Morgan fingerprint density at radius 2 is 1.88 bits per heavy atom. The molecule has 5 heteroatoms. The minimum absolute atomic E-state index is 0.562. The first-order valence-corrected chi connectivity index (χ1v) is 7.01. The van der Waals surface area contributed by atoms with E-state index in [0.717, 1.165) is 0 Å². The van der Waals surface area contributed by atoms with Gasteiger partial charge in [-0.25, -0.2) is 0 Å². The van der Waals surface area contributed by atoms with Gasteiger partial charge in [0.05, 0.1) is 15.0 Å². The number of thiophene rings is 1. The summed E-state index contributed by atoms with van der Waals surface area (Å²) in [5.41, 5.74) is 0.562. The largest absolute Gasteiger partial charge is 0.480 e. The number of rotatable bonds is 4. The van der Waals surface area contributed by atoms with Gasteiger partial charge in [0.25, 0.3) is 0 Å². The van der Waals surface area contributed by atoms with Crippen LogP contribution in [-0.4, -0.2) is 15.3 Å². The highest BCUT2D eigenvalue weighted by molar-refractivity contribution is 7.88. The molecule has 3 nitrogen and oxygen atoms in total. The average Bonchev–Trinajstić information content (AvgIpc) is 2.83. The summed E-state index contributed by atoms with van der Waals surface area (Å²) in [5.74, 6) is -1.07. The Morgan fingerprint density at radius 3 is 2.41 bits per heavy atom. The van der Waals surface area contributed by atoms with E-state index in [1.165, 1.54) is 11.3 Å². The summed E-state index contributed by atoms with van der Waals surface area (Å²) in [6.45, 7) is 0. The van der Waals surface area contributed by atoms with Gasteiger partial charge in [-0.1, -0.05) is 36.4 Å². The fourth-order valence-corrected chi connectivity index (χ4v) is 3.80. The summed E-state index contributed by atoms with van der Waals surface area (Å²) >= 11 is 1.31. The average molecular weight is 266 g/mol. The summed E-state index contributed by atoms with van der Waals surface area (Å²) in [6.07, 6.45) is 0. The third-order valence-electron chi connectivity index (χ3n) is 2.23. The molecule has 0 saturated heterocycles. The Morgan fingerprint density at radius 1 is 1.18 bits per heavy atom. The summed E-state index contributed by atoms with van der Waals surface area (Å²) in [7, 11) is -1.55. The van der Waals surface area contributed by atoms with Crippen molar-refractivity contribution >= 4 is 28.1 Å². The van der Waals surface area contributed by atoms with Crippen molar-refractivity contribution in [2.24, 2.45) is 0 Å². The number of aliphatic carboxylic acids is 1. The summed E-state index contributed by atoms with van der Waals surface area (Å²) in [4.78, 5) is 11.2. The highest BCUT2D eigenvalue weighted by Gasteiger charge is 2.28. The lowest BCUT2D eigenvalue weighted by Crippen LogP contribution is -2.16. The minimum Gasteiger partial charge on any atom is -0.480 e. The monoisotopic (exact) mass is 266 g/mol. The number of hydrogen-bond acceptors (Lipinski definition) is 3. The standard InChI is InChI=1S/C12H10O3S2/c13-12(14)11(9-5-2-1-3-6-9)17(15)10-7-4-8-16-10/h1-8,11H,(H,13,14). The first-order chi connectivity index (χ1) is 8.20. The minimum atomic E-state index is -1.55. The maximum absolute atomic E-state index is 12.2. The molecule has 2 unspecified atom stereocenters. The molecule has 0 bridgehead atoms. The van der Waals surface area contributed by atoms with E-state index in [-0.39, 0.29) is 0 Å². The number of benzene rings is 1. The molecule has 0 aliphatic rings. The zero-order valence-electron chi connectivity index (χ0n) is 8.78. The van der Waals surface area contributed by atoms with Gasteiger partial charge in [-0.3, -0.25) is 9.00 Å². The van der Waals surface area contributed by atoms with E-state index in [0.29, 0.717) is 9.77 Å². The smallest absolute Gasteiger partial charge is 0.324 e. The molecule has 0 spiro atoms. The molecule has 2 atom stereocenters. The van der Waals surface area contributed by atoms with E-state index in [2.05, 4.69) is 0 Å². The molecule has 0 aliphatic carbocycles. The maximum atomic E-state index is 12.2. The Labute approximate surface area is 105 Å². The van der Waals surface area contributed by atoms with Crippen LogP contribution in [0.5, 0.6) is 0 Å². The van der Waals surface area contributed by atoms with Gasteiger partial charge in [0.15, 0.2) is 5.25 Å². The van der Waals surface area contributed by atoms with Gasteiger partial charge in [0.2, 0.25) is 0 Å². The van der Waals surface area contributed by atoms with Crippen LogP contribution in [0.2, 0.25) is 0 Å². The second-order valence-corrected chi connectivity index (χ2v) is 6.07. The lowest BCUT2D eigenvalue weighted by molar-refractivity contribution is -0.136. The molecule has 1 heterocycles. The van der Waals surface area contributed by atoms with Crippen LogP contribution in [0.4, 0.5) is 0 Å². The zero-order chi connectivity index (χ0) is 12.3. The van der Waals surface area contributed by atoms with Crippen LogP contribution in [0.25, 0.3) is 0 Å². The van der Waals surface area contributed by atoms with Crippen molar-refractivity contribution in [3.05, 3.63) is 53.4 Å². The van der Waals surface area contributed by atoms with Gasteiger partial charge < -0.3 is 5.11 Å². The van der Waals surface area contributed by atoms with Gasteiger partial charge in [-0.15, -0.1) is 11.3 Å². The van der Waals surface area contributed by atoms with Gasteiger partial charge in [0, 0.05) is 0 Å². The van der Waals surface area contributed by atoms with Crippen molar-refractivity contribution in [1.29, 1.82) is 0 Å². The van der Waals surface area contributed by atoms with Crippen molar-refractivity contribution in [3.63, 3.8) is 0 Å². The van der Waals surface area contributed by atoms with E-state index in [1.54, 1.807) is 47.8 Å². The summed E-state index contributed by atoms with van der Waals surface area (Å²) in [5, 5.41) is 9.99. The molecule has 1 N–H and O–H groups in total. The number of carboxylic acids is 1. The number of carbonyl (C=O) groups is 1. The second-order valence-electron chi connectivity index (χ2n) is 3.36. The van der Waals surface area contributed by atoms with E-state index < -0.39 is 22.0 Å². The van der Waals surface area contributed by atoms with Gasteiger partial charge in [-0.05, 0) is 17.0 Å². The predicted molar refractivity (Wildman–Crippen MR) is 67.5 cm³/mol. The van der Waals surface area contributed by atoms with E-state index in [1.807, 2.05) is 0 Å². The lowest BCUT2D eigenvalue weighted by Gasteiger charge is -2.10. The third kappa shape index (κ3) is 2.62. The zero-order valence-corrected chi connectivity index (χ0v) is 10.4. The highest BCUT2D eigenvalue weighted by Crippen LogP contribution is 2.27. The first kappa shape index (κ1) is 12.0. The first-order valence-electron chi connectivity index (χ1n) is 4.92. The topological polar surface area (TPSA) is 54.4 Å².